The first kappa shape index (κ1) is 25.9. The third-order valence-electron chi connectivity index (χ3n) is 8.35. The van der Waals surface area contributed by atoms with E-state index in [2.05, 4.69) is 54.6 Å². The van der Waals surface area contributed by atoms with Gasteiger partial charge < -0.3 is 14.3 Å². The van der Waals surface area contributed by atoms with Gasteiger partial charge in [0.25, 0.3) is 0 Å². The number of methoxy groups -OCH3 is 1. The molecule has 0 bridgehead atoms. The molecule has 182 valence electrons. The number of rotatable bonds is 6. The Morgan fingerprint density at radius 1 is 1.12 bits per heavy atom. The van der Waals surface area contributed by atoms with Gasteiger partial charge in [0.15, 0.2) is 8.32 Å². The minimum absolute atomic E-state index is 0.0192. The third kappa shape index (κ3) is 5.16. The van der Waals surface area contributed by atoms with Crippen LogP contribution in [0, 0.1) is 5.41 Å². The van der Waals surface area contributed by atoms with Crippen molar-refractivity contribution < 1.29 is 14.3 Å². The number of fused-ring (bicyclic) bond motifs is 1. The molecule has 1 heterocycles. The average Bonchev–Trinajstić information content (AvgIpc) is 2.70. The normalized spacial score (nSPS) is 23.1. The van der Waals surface area contributed by atoms with Gasteiger partial charge in [-0.25, -0.2) is 0 Å². The van der Waals surface area contributed by atoms with Crippen molar-refractivity contribution in [2.24, 2.45) is 5.41 Å². The van der Waals surface area contributed by atoms with E-state index in [9.17, 15) is 5.11 Å². The lowest BCUT2D eigenvalue weighted by Gasteiger charge is -2.45. The minimum atomic E-state index is -1.98. The summed E-state index contributed by atoms with van der Waals surface area (Å²) in [6.45, 7) is 18.4. The van der Waals surface area contributed by atoms with Crippen molar-refractivity contribution in [3.63, 3.8) is 0 Å². The average molecular weight is 462 g/mol. The van der Waals surface area contributed by atoms with Crippen LogP contribution in [0.4, 0.5) is 0 Å². The molecule has 0 amide bonds. The number of hydrogen-bond donors (Lipinski definition) is 1. The summed E-state index contributed by atoms with van der Waals surface area (Å²) in [5.41, 5.74) is 5.92. The summed E-state index contributed by atoms with van der Waals surface area (Å²) in [5, 5.41) is 10.7. The van der Waals surface area contributed by atoms with Gasteiger partial charge in [0.1, 0.15) is 0 Å². The van der Waals surface area contributed by atoms with Crippen LogP contribution in [0.1, 0.15) is 126 Å². The first-order valence-corrected chi connectivity index (χ1v) is 15.6. The van der Waals surface area contributed by atoms with Crippen LogP contribution in [0.2, 0.25) is 18.1 Å². The monoisotopic (exact) mass is 461 g/mol. The van der Waals surface area contributed by atoms with Gasteiger partial charge in [0, 0.05) is 23.9 Å². The predicted octanol–water partition coefficient (Wildman–Crippen LogP) is 7.36. The highest BCUT2D eigenvalue weighted by Crippen LogP contribution is 2.51. The fourth-order valence-corrected chi connectivity index (χ4v) is 6.72. The van der Waals surface area contributed by atoms with Crippen molar-refractivity contribution in [1.82, 2.24) is 4.98 Å². The molecule has 5 heteroatoms. The molecule has 1 N–H and O–H groups in total. The molecule has 2 atom stereocenters. The molecule has 3 rings (SSSR count). The molecule has 1 aromatic rings. The molecule has 0 spiro atoms. The van der Waals surface area contributed by atoms with Crippen molar-refractivity contribution in [1.29, 1.82) is 0 Å². The highest BCUT2D eigenvalue weighted by Gasteiger charge is 2.45. The van der Waals surface area contributed by atoms with E-state index in [0.717, 1.165) is 24.1 Å². The Morgan fingerprint density at radius 2 is 1.75 bits per heavy atom. The quantitative estimate of drug-likeness (QED) is 0.449. The van der Waals surface area contributed by atoms with Crippen LogP contribution in [0.5, 0.6) is 0 Å². The van der Waals surface area contributed by atoms with Gasteiger partial charge >= 0.3 is 0 Å². The van der Waals surface area contributed by atoms with E-state index in [0.29, 0.717) is 5.92 Å². The number of aromatic nitrogens is 1. The Balaban J connectivity index is 2.25. The number of nitrogens with zero attached hydrogens (tertiary/aromatic N) is 1. The predicted molar refractivity (Wildman–Crippen MR) is 135 cm³/mol. The molecular weight excluding hydrogens is 414 g/mol. The SMILES string of the molecule is COC(C)c1nc2c(c(C3CCCCC3)c1CO)[C@@H](O[Si](C)(C)C(C)(C)C)CC(C)(C)C2. The van der Waals surface area contributed by atoms with Crippen LogP contribution in [0.15, 0.2) is 0 Å². The van der Waals surface area contributed by atoms with E-state index in [-0.39, 0.29) is 29.3 Å². The highest BCUT2D eigenvalue weighted by molar-refractivity contribution is 6.74. The van der Waals surface area contributed by atoms with Crippen LogP contribution in [0.3, 0.4) is 0 Å². The Bertz CT molecular complexity index is 806. The zero-order chi connectivity index (χ0) is 23.9. The van der Waals surface area contributed by atoms with Crippen LogP contribution in [-0.4, -0.2) is 25.5 Å². The van der Waals surface area contributed by atoms with Crippen molar-refractivity contribution in [2.45, 2.75) is 129 Å². The molecule has 32 heavy (non-hydrogen) atoms. The van der Waals surface area contributed by atoms with Gasteiger partial charge in [0.2, 0.25) is 0 Å². The van der Waals surface area contributed by atoms with Crippen molar-refractivity contribution in [3.05, 3.63) is 28.1 Å². The van der Waals surface area contributed by atoms with Gasteiger partial charge in [-0.3, -0.25) is 4.98 Å². The molecule has 0 aliphatic heterocycles. The third-order valence-corrected chi connectivity index (χ3v) is 12.8. The zero-order valence-electron chi connectivity index (χ0n) is 22.1. The first-order valence-electron chi connectivity index (χ1n) is 12.7. The van der Waals surface area contributed by atoms with E-state index in [1.165, 1.54) is 48.9 Å². The molecule has 4 nitrogen and oxygen atoms in total. The Morgan fingerprint density at radius 3 is 2.28 bits per heavy atom. The lowest BCUT2D eigenvalue weighted by atomic mass is 9.70. The Hall–Kier alpha value is -0.753. The second-order valence-corrected chi connectivity index (χ2v) is 17.3. The highest BCUT2D eigenvalue weighted by atomic mass is 28.4. The zero-order valence-corrected chi connectivity index (χ0v) is 23.1. The van der Waals surface area contributed by atoms with Crippen LogP contribution in [-0.2, 0) is 22.2 Å². The molecule has 1 saturated carbocycles. The smallest absolute Gasteiger partial charge is 0.192 e. The van der Waals surface area contributed by atoms with Crippen molar-refractivity contribution in [3.8, 4) is 0 Å². The van der Waals surface area contributed by atoms with Crippen molar-refractivity contribution in [2.75, 3.05) is 7.11 Å². The number of hydrogen-bond acceptors (Lipinski definition) is 4. The van der Waals surface area contributed by atoms with E-state index >= 15 is 0 Å². The molecule has 0 aromatic carbocycles. The summed E-state index contributed by atoms with van der Waals surface area (Å²) in [6, 6.07) is 0. The summed E-state index contributed by atoms with van der Waals surface area (Å²) >= 11 is 0. The fraction of sp³-hybridized carbons (Fsp3) is 0.815. The van der Waals surface area contributed by atoms with Crippen molar-refractivity contribution >= 4 is 8.32 Å². The molecule has 2 aliphatic carbocycles. The molecule has 1 fully saturated rings. The largest absolute Gasteiger partial charge is 0.410 e. The molecular formula is C27H47NO3Si. The van der Waals surface area contributed by atoms with Crippen LogP contribution >= 0.6 is 0 Å². The Kier molecular flexibility index (Phi) is 7.66. The van der Waals surface area contributed by atoms with Crippen LogP contribution in [0.25, 0.3) is 0 Å². The maximum Gasteiger partial charge on any atom is 0.192 e. The van der Waals surface area contributed by atoms with Gasteiger partial charge in [-0.05, 0) is 67.6 Å². The summed E-state index contributed by atoms with van der Waals surface area (Å²) in [5.74, 6) is 0.484. The molecule has 0 saturated heterocycles. The van der Waals surface area contributed by atoms with E-state index in [1.807, 2.05) is 0 Å². The lowest BCUT2D eigenvalue weighted by molar-refractivity contribution is 0.0986. The first-order chi connectivity index (χ1) is 14.8. The standard InChI is InChI=1S/C27H47NO3Si/c1-18(30-7)25-20(17-29)23(19-13-11-10-12-14-19)24-21(28-25)15-27(5,6)16-22(24)31-32(8,9)26(2,3)4/h18-19,22,29H,10-17H2,1-9H3/t18?,22-/m0/s1. The number of pyridine rings is 1. The molecule has 0 radical (unpaired) electrons. The van der Waals surface area contributed by atoms with Gasteiger partial charge in [0.05, 0.1) is 24.5 Å². The molecule has 1 aromatic heterocycles. The Labute approximate surface area is 197 Å². The van der Waals surface area contributed by atoms with E-state index < -0.39 is 8.32 Å². The second kappa shape index (κ2) is 9.48. The minimum Gasteiger partial charge on any atom is -0.410 e. The summed E-state index contributed by atoms with van der Waals surface area (Å²) < 4.78 is 12.9. The lowest BCUT2D eigenvalue weighted by Crippen LogP contribution is -2.44. The fourth-order valence-electron chi connectivity index (χ4n) is 5.46. The maximum atomic E-state index is 10.6. The number of ether oxygens (including phenoxy) is 1. The topological polar surface area (TPSA) is 51.6 Å². The van der Waals surface area contributed by atoms with Gasteiger partial charge in [-0.15, -0.1) is 0 Å². The second-order valence-electron chi connectivity index (χ2n) is 12.5. The summed E-state index contributed by atoms with van der Waals surface area (Å²) in [4.78, 5) is 5.20. The molecule has 2 aliphatic rings. The maximum absolute atomic E-state index is 10.6. The van der Waals surface area contributed by atoms with E-state index in [1.54, 1.807) is 7.11 Å². The summed E-state index contributed by atoms with van der Waals surface area (Å²) in [7, 11) is -0.244. The molecule has 1 unspecified atom stereocenters. The van der Waals surface area contributed by atoms with E-state index in [4.69, 9.17) is 14.1 Å². The van der Waals surface area contributed by atoms with Gasteiger partial charge in [-0.2, -0.15) is 0 Å². The van der Waals surface area contributed by atoms with Gasteiger partial charge in [-0.1, -0.05) is 53.9 Å². The number of aliphatic hydroxyl groups is 1. The van der Waals surface area contributed by atoms with Crippen LogP contribution < -0.4 is 0 Å². The number of aliphatic hydroxyl groups excluding tert-OH is 1. The summed E-state index contributed by atoms with van der Waals surface area (Å²) in [6.07, 6.45) is 8.12.